The van der Waals surface area contributed by atoms with Gasteiger partial charge in [-0.05, 0) is 29.9 Å². The average Bonchev–Trinajstić information content (AvgIpc) is 2.89. The van der Waals surface area contributed by atoms with E-state index >= 15 is 0 Å². The smallest absolute Gasteiger partial charge is 0.232 e. The lowest BCUT2D eigenvalue weighted by molar-refractivity contribution is -0.117. The van der Waals surface area contributed by atoms with Crippen molar-refractivity contribution in [3.63, 3.8) is 0 Å². The second kappa shape index (κ2) is 6.15. The highest BCUT2D eigenvalue weighted by atomic mass is 79.9. The third kappa shape index (κ3) is 3.11. The third-order valence-corrected chi connectivity index (χ3v) is 4.53. The molecule has 1 aromatic heterocycles. The monoisotopic (exact) mass is 363 g/mol. The SMILES string of the molecule is O=C1CC(CS)CN1c1nccc(-c2ccc(Br)cc2)n1. The van der Waals surface area contributed by atoms with Gasteiger partial charge >= 0.3 is 0 Å². The van der Waals surface area contributed by atoms with Crippen molar-refractivity contribution in [1.82, 2.24) is 9.97 Å². The topological polar surface area (TPSA) is 46.1 Å². The highest BCUT2D eigenvalue weighted by Gasteiger charge is 2.31. The molecule has 0 radical (unpaired) electrons. The van der Waals surface area contributed by atoms with E-state index in [-0.39, 0.29) is 11.8 Å². The van der Waals surface area contributed by atoms with E-state index in [9.17, 15) is 4.79 Å². The number of benzene rings is 1. The van der Waals surface area contributed by atoms with Crippen molar-refractivity contribution in [3.8, 4) is 11.3 Å². The molecule has 0 saturated carbocycles. The number of nitrogens with zero attached hydrogens (tertiary/aromatic N) is 3. The molecular weight excluding hydrogens is 350 g/mol. The molecule has 3 rings (SSSR count). The van der Waals surface area contributed by atoms with Crippen LogP contribution in [-0.4, -0.2) is 28.2 Å². The van der Waals surface area contributed by atoms with E-state index in [0.717, 1.165) is 15.7 Å². The highest BCUT2D eigenvalue weighted by molar-refractivity contribution is 9.10. The van der Waals surface area contributed by atoms with Crippen LogP contribution in [0, 0.1) is 5.92 Å². The fraction of sp³-hybridized carbons (Fsp3) is 0.267. The minimum atomic E-state index is 0.0713. The van der Waals surface area contributed by atoms with Crippen LogP contribution in [0.3, 0.4) is 0 Å². The van der Waals surface area contributed by atoms with Gasteiger partial charge < -0.3 is 0 Å². The molecule has 0 N–H and O–H groups in total. The van der Waals surface area contributed by atoms with Gasteiger partial charge in [0.2, 0.25) is 11.9 Å². The molecular formula is C15H14BrN3OS. The Balaban J connectivity index is 1.90. The first-order valence-electron chi connectivity index (χ1n) is 6.67. The van der Waals surface area contributed by atoms with Crippen molar-refractivity contribution in [3.05, 3.63) is 41.0 Å². The second-order valence-corrected chi connectivity index (χ2v) is 6.29. The summed E-state index contributed by atoms with van der Waals surface area (Å²) in [5.74, 6) is 1.53. The Morgan fingerprint density at radius 2 is 2.05 bits per heavy atom. The van der Waals surface area contributed by atoms with Gasteiger partial charge in [-0.15, -0.1) is 0 Å². The maximum Gasteiger partial charge on any atom is 0.232 e. The lowest BCUT2D eigenvalue weighted by atomic mass is 10.1. The number of thiol groups is 1. The Labute approximate surface area is 137 Å². The fourth-order valence-corrected chi connectivity index (χ4v) is 2.87. The summed E-state index contributed by atoms with van der Waals surface area (Å²) in [7, 11) is 0. The zero-order valence-electron chi connectivity index (χ0n) is 11.2. The van der Waals surface area contributed by atoms with Gasteiger partial charge in [-0.1, -0.05) is 28.1 Å². The molecule has 1 unspecified atom stereocenters. The number of halogens is 1. The van der Waals surface area contributed by atoms with E-state index in [4.69, 9.17) is 0 Å². The number of hydrogen-bond acceptors (Lipinski definition) is 4. The van der Waals surface area contributed by atoms with Gasteiger partial charge in [-0.3, -0.25) is 9.69 Å². The molecule has 1 aromatic carbocycles. The van der Waals surface area contributed by atoms with Crippen LogP contribution in [0.4, 0.5) is 5.95 Å². The van der Waals surface area contributed by atoms with Crippen molar-refractivity contribution >= 4 is 40.4 Å². The summed E-state index contributed by atoms with van der Waals surface area (Å²) in [5.41, 5.74) is 1.81. The van der Waals surface area contributed by atoms with Crippen molar-refractivity contribution < 1.29 is 4.79 Å². The van der Waals surface area contributed by atoms with Gasteiger partial charge in [0.1, 0.15) is 0 Å². The third-order valence-electron chi connectivity index (χ3n) is 3.49. The molecule has 1 aliphatic heterocycles. The molecule has 21 heavy (non-hydrogen) atoms. The van der Waals surface area contributed by atoms with Gasteiger partial charge in [-0.2, -0.15) is 12.6 Å². The molecule has 2 heterocycles. The van der Waals surface area contributed by atoms with Gasteiger partial charge in [0.25, 0.3) is 0 Å². The van der Waals surface area contributed by atoms with Crippen molar-refractivity contribution in [2.45, 2.75) is 6.42 Å². The molecule has 2 aromatic rings. The second-order valence-electron chi connectivity index (χ2n) is 5.01. The van der Waals surface area contributed by atoms with Crippen LogP contribution in [0.2, 0.25) is 0 Å². The first-order valence-corrected chi connectivity index (χ1v) is 8.10. The van der Waals surface area contributed by atoms with Crippen LogP contribution < -0.4 is 4.90 Å². The minimum absolute atomic E-state index is 0.0713. The molecule has 0 aliphatic carbocycles. The minimum Gasteiger partial charge on any atom is -0.280 e. The Hall–Kier alpha value is -1.40. The molecule has 6 heteroatoms. The van der Waals surface area contributed by atoms with Crippen LogP contribution in [0.1, 0.15) is 6.42 Å². The van der Waals surface area contributed by atoms with Gasteiger partial charge in [0.05, 0.1) is 5.69 Å². The van der Waals surface area contributed by atoms with E-state index in [1.54, 1.807) is 11.1 Å². The Morgan fingerprint density at radius 3 is 2.71 bits per heavy atom. The normalized spacial score (nSPS) is 18.3. The quantitative estimate of drug-likeness (QED) is 0.851. The molecule has 1 saturated heterocycles. The van der Waals surface area contributed by atoms with Crippen molar-refractivity contribution in [2.24, 2.45) is 5.92 Å². The number of hydrogen-bond donors (Lipinski definition) is 1. The number of anilines is 1. The Morgan fingerprint density at radius 1 is 1.29 bits per heavy atom. The lowest BCUT2D eigenvalue weighted by Gasteiger charge is -2.14. The Kier molecular flexibility index (Phi) is 4.26. The zero-order valence-corrected chi connectivity index (χ0v) is 13.7. The first-order chi connectivity index (χ1) is 10.2. The molecule has 1 amide bonds. The molecule has 4 nitrogen and oxygen atoms in total. The molecule has 1 aliphatic rings. The predicted octanol–water partition coefficient (Wildman–Crippen LogP) is 3.19. The van der Waals surface area contributed by atoms with E-state index in [2.05, 4.69) is 38.5 Å². The van der Waals surface area contributed by atoms with E-state index in [1.807, 2.05) is 30.3 Å². The molecule has 1 fully saturated rings. The standard InChI is InChI=1S/C15H14BrN3OS/c16-12-3-1-11(2-4-12)13-5-6-17-15(18-13)19-8-10(9-21)7-14(19)20/h1-6,10,21H,7-9H2. The molecule has 0 spiro atoms. The summed E-state index contributed by atoms with van der Waals surface area (Å²) in [6, 6.07) is 9.75. The summed E-state index contributed by atoms with van der Waals surface area (Å²) < 4.78 is 1.02. The van der Waals surface area contributed by atoms with Gasteiger partial charge in [0, 0.05) is 29.2 Å². The summed E-state index contributed by atoms with van der Waals surface area (Å²) in [6.07, 6.45) is 2.22. The largest absolute Gasteiger partial charge is 0.280 e. The lowest BCUT2D eigenvalue weighted by Crippen LogP contribution is -2.26. The first kappa shape index (κ1) is 14.5. The van der Waals surface area contributed by atoms with Crippen LogP contribution >= 0.6 is 28.6 Å². The summed E-state index contributed by atoms with van der Waals surface area (Å²) in [5, 5.41) is 0. The zero-order chi connectivity index (χ0) is 14.8. The average molecular weight is 364 g/mol. The van der Waals surface area contributed by atoms with Gasteiger partial charge in [0.15, 0.2) is 0 Å². The van der Waals surface area contributed by atoms with Crippen LogP contribution in [0.15, 0.2) is 41.0 Å². The van der Waals surface area contributed by atoms with Crippen molar-refractivity contribution in [2.75, 3.05) is 17.2 Å². The Bertz CT molecular complexity index is 662. The van der Waals surface area contributed by atoms with Crippen LogP contribution in [0.25, 0.3) is 11.3 Å². The molecule has 1 atom stereocenters. The van der Waals surface area contributed by atoms with E-state index in [0.29, 0.717) is 24.7 Å². The number of amides is 1. The summed E-state index contributed by atoms with van der Waals surface area (Å²) in [4.78, 5) is 22.5. The number of carbonyl (C=O) groups excluding carboxylic acids is 1. The predicted molar refractivity (Wildman–Crippen MR) is 89.5 cm³/mol. The highest BCUT2D eigenvalue weighted by Crippen LogP contribution is 2.25. The fourth-order valence-electron chi connectivity index (χ4n) is 2.36. The van der Waals surface area contributed by atoms with Gasteiger partial charge in [-0.25, -0.2) is 9.97 Å². The van der Waals surface area contributed by atoms with E-state index in [1.165, 1.54) is 0 Å². The maximum absolute atomic E-state index is 12.0. The summed E-state index contributed by atoms with van der Waals surface area (Å²) in [6.45, 7) is 0.645. The van der Waals surface area contributed by atoms with Crippen LogP contribution in [-0.2, 0) is 4.79 Å². The maximum atomic E-state index is 12.0. The number of rotatable bonds is 3. The molecule has 108 valence electrons. The van der Waals surface area contributed by atoms with Crippen LogP contribution in [0.5, 0.6) is 0 Å². The van der Waals surface area contributed by atoms with E-state index < -0.39 is 0 Å². The molecule has 0 bridgehead atoms. The van der Waals surface area contributed by atoms with Crippen molar-refractivity contribution in [1.29, 1.82) is 0 Å². The number of aromatic nitrogens is 2. The number of carbonyl (C=O) groups is 1. The summed E-state index contributed by atoms with van der Waals surface area (Å²) >= 11 is 7.69.